The molecule has 1 fully saturated rings. The number of aryl methyl sites for hydroxylation is 2. The number of aliphatic hydroxyl groups excluding tert-OH is 1. The van der Waals surface area contributed by atoms with E-state index in [9.17, 15) is 9.90 Å². The molecular weight excluding hydrogens is 328 g/mol. The van der Waals surface area contributed by atoms with E-state index in [1.165, 1.54) is 0 Å². The van der Waals surface area contributed by atoms with Crippen molar-refractivity contribution >= 4 is 16.8 Å². The Kier molecular flexibility index (Phi) is 4.20. The summed E-state index contributed by atoms with van der Waals surface area (Å²) in [5.41, 5.74) is 3.23. The number of carbonyl (C=O) groups excluding carboxylic acids is 1. The molecule has 4 rings (SSSR count). The van der Waals surface area contributed by atoms with E-state index in [2.05, 4.69) is 21.5 Å². The van der Waals surface area contributed by atoms with E-state index in [4.69, 9.17) is 0 Å². The molecule has 0 saturated heterocycles. The first kappa shape index (κ1) is 16.7. The normalized spacial score (nSPS) is 20.6. The molecule has 0 spiro atoms. The second-order valence-electron chi connectivity index (χ2n) is 7.09. The summed E-state index contributed by atoms with van der Waals surface area (Å²) >= 11 is 0. The minimum atomic E-state index is -0.285. The third kappa shape index (κ3) is 3.08. The number of rotatable bonds is 4. The van der Waals surface area contributed by atoms with Crippen LogP contribution in [-0.2, 0) is 7.05 Å². The van der Waals surface area contributed by atoms with E-state index in [0.29, 0.717) is 18.5 Å². The zero-order valence-corrected chi connectivity index (χ0v) is 14.9. The lowest BCUT2D eigenvalue weighted by atomic mass is 9.75. The van der Waals surface area contributed by atoms with Crippen LogP contribution < -0.4 is 5.32 Å². The fourth-order valence-corrected chi connectivity index (χ4v) is 3.67. The van der Waals surface area contributed by atoms with Crippen LogP contribution in [0.15, 0.2) is 42.6 Å². The standard InChI is InChI=1S/C20H22N4O2/c1-12-7-18(24(2)23-12)20(26)22-19(14-9-16(25)10-14)15-8-13-5-3-4-6-17(13)21-11-15/h3-8,11,14,16,19,25H,9-10H2,1-2H3,(H,22,26)/t14?,16?,19-/m1/s1. The molecule has 26 heavy (non-hydrogen) atoms. The minimum absolute atomic E-state index is 0.160. The van der Waals surface area contributed by atoms with Crippen LogP contribution in [0.25, 0.3) is 10.9 Å². The SMILES string of the molecule is Cc1cc(C(=O)N[C@@H](c2cnc3ccccc3c2)C2CC(O)C2)n(C)n1. The molecule has 1 aliphatic carbocycles. The summed E-state index contributed by atoms with van der Waals surface area (Å²) in [5, 5.41) is 18.2. The number of amides is 1. The zero-order valence-electron chi connectivity index (χ0n) is 14.9. The maximum Gasteiger partial charge on any atom is 0.270 e. The highest BCUT2D eigenvalue weighted by molar-refractivity contribution is 5.93. The van der Waals surface area contributed by atoms with E-state index in [-0.39, 0.29) is 24.0 Å². The molecule has 6 heteroatoms. The number of hydrogen-bond donors (Lipinski definition) is 2. The molecule has 1 saturated carbocycles. The van der Waals surface area contributed by atoms with E-state index in [0.717, 1.165) is 22.2 Å². The lowest BCUT2D eigenvalue weighted by Gasteiger charge is -2.38. The molecule has 0 unspecified atom stereocenters. The van der Waals surface area contributed by atoms with Crippen molar-refractivity contribution in [2.75, 3.05) is 0 Å². The number of nitrogens with one attached hydrogen (secondary N) is 1. The van der Waals surface area contributed by atoms with Gasteiger partial charge in [0.15, 0.2) is 0 Å². The molecule has 0 aliphatic heterocycles. The van der Waals surface area contributed by atoms with Crippen molar-refractivity contribution in [3.8, 4) is 0 Å². The zero-order chi connectivity index (χ0) is 18.3. The third-order valence-corrected chi connectivity index (χ3v) is 5.11. The van der Waals surface area contributed by atoms with E-state index in [1.54, 1.807) is 17.8 Å². The van der Waals surface area contributed by atoms with Crippen LogP contribution in [0.4, 0.5) is 0 Å². The Hall–Kier alpha value is -2.73. The van der Waals surface area contributed by atoms with Gasteiger partial charge in [-0.05, 0) is 49.4 Å². The van der Waals surface area contributed by atoms with Crippen molar-refractivity contribution in [3.63, 3.8) is 0 Å². The van der Waals surface area contributed by atoms with Crippen molar-refractivity contribution in [2.45, 2.75) is 31.9 Å². The largest absolute Gasteiger partial charge is 0.393 e. The topological polar surface area (TPSA) is 80.0 Å². The summed E-state index contributed by atoms with van der Waals surface area (Å²) in [6.45, 7) is 1.86. The van der Waals surface area contributed by atoms with Gasteiger partial charge in [-0.3, -0.25) is 14.5 Å². The Morgan fingerprint density at radius 3 is 2.77 bits per heavy atom. The van der Waals surface area contributed by atoms with Crippen molar-refractivity contribution in [1.82, 2.24) is 20.1 Å². The van der Waals surface area contributed by atoms with Crippen molar-refractivity contribution < 1.29 is 9.90 Å². The van der Waals surface area contributed by atoms with Crippen LogP contribution in [-0.4, -0.2) is 31.9 Å². The molecule has 2 N–H and O–H groups in total. The number of fused-ring (bicyclic) bond motifs is 1. The van der Waals surface area contributed by atoms with Gasteiger partial charge in [0, 0.05) is 18.6 Å². The lowest BCUT2D eigenvalue weighted by Crippen LogP contribution is -2.41. The van der Waals surface area contributed by atoms with E-state index in [1.807, 2.05) is 37.4 Å². The van der Waals surface area contributed by atoms with Crippen LogP contribution >= 0.6 is 0 Å². The first-order valence-electron chi connectivity index (χ1n) is 8.85. The van der Waals surface area contributed by atoms with Crippen molar-refractivity contribution in [2.24, 2.45) is 13.0 Å². The Morgan fingerprint density at radius 1 is 1.31 bits per heavy atom. The molecule has 1 aliphatic rings. The average molecular weight is 350 g/mol. The quantitative estimate of drug-likeness (QED) is 0.758. The number of aromatic nitrogens is 3. The first-order valence-corrected chi connectivity index (χ1v) is 8.85. The van der Waals surface area contributed by atoms with Gasteiger partial charge >= 0.3 is 0 Å². The fraction of sp³-hybridized carbons (Fsp3) is 0.350. The monoisotopic (exact) mass is 350 g/mol. The number of aliphatic hydroxyl groups is 1. The predicted molar refractivity (Wildman–Crippen MR) is 98.6 cm³/mol. The van der Waals surface area contributed by atoms with Gasteiger partial charge in [-0.15, -0.1) is 0 Å². The highest BCUT2D eigenvalue weighted by atomic mass is 16.3. The smallest absolute Gasteiger partial charge is 0.270 e. The minimum Gasteiger partial charge on any atom is -0.393 e. The molecular formula is C20H22N4O2. The average Bonchev–Trinajstić information content (AvgIpc) is 2.95. The molecule has 134 valence electrons. The molecule has 1 atom stereocenters. The molecule has 6 nitrogen and oxygen atoms in total. The second kappa shape index (κ2) is 6.53. The van der Waals surface area contributed by atoms with Gasteiger partial charge in [0.05, 0.1) is 23.4 Å². The van der Waals surface area contributed by atoms with Gasteiger partial charge in [0.25, 0.3) is 5.91 Å². The van der Waals surface area contributed by atoms with Gasteiger partial charge in [-0.1, -0.05) is 18.2 Å². The molecule has 2 heterocycles. The van der Waals surface area contributed by atoms with E-state index < -0.39 is 0 Å². The van der Waals surface area contributed by atoms with Crippen LogP contribution in [0.5, 0.6) is 0 Å². The number of carbonyl (C=O) groups is 1. The Morgan fingerprint density at radius 2 is 2.08 bits per heavy atom. The Bertz CT molecular complexity index is 959. The Labute approximate surface area is 151 Å². The Balaban J connectivity index is 1.65. The van der Waals surface area contributed by atoms with Gasteiger partial charge in [-0.25, -0.2) is 0 Å². The summed E-state index contributed by atoms with van der Waals surface area (Å²) in [5.74, 6) is 0.0406. The molecule has 3 aromatic rings. The highest BCUT2D eigenvalue weighted by Gasteiger charge is 2.36. The fourth-order valence-electron chi connectivity index (χ4n) is 3.67. The number of nitrogens with zero attached hydrogens (tertiary/aromatic N) is 3. The van der Waals surface area contributed by atoms with Gasteiger partial charge in [0.1, 0.15) is 5.69 Å². The van der Waals surface area contributed by atoms with Gasteiger partial charge in [0.2, 0.25) is 0 Å². The van der Waals surface area contributed by atoms with Crippen LogP contribution in [0.2, 0.25) is 0 Å². The number of para-hydroxylation sites is 1. The number of pyridine rings is 1. The van der Waals surface area contributed by atoms with Gasteiger partial charge < -0.3 is 10.4 Å². The maximum absolute atomic E-state index is 12.8. The summed E-state index contributed by atoms with van der Waals surface area (Å²) in [6, 6.07) is 11.6. The summed E-state index contributed by atoms with van der Waals surface area (Å²) < 4.78 is 1.59. The maximum atomic E-state index is 12.8. The molecule has 2 aromatic heterocycles. The van der Waals surface area contributed by atoms with Crippen LogP contribution in [0, 0.1) is 12.8 Å². The molecule has 1 aromatic carbocycles. The van der Waals surface area contributed by atoms with Crippen LogP contribution in [0.1, 0.15) is 40.6 Å². The molecule has 1 amide bonds. The highest BCUT2D eigenvalue weighted by Crippen LogP contribution is 2.38. The summed E-state index contributed by atoms with van der Waals surface area (Å²) in [4.78, 5) is 17.3. The third-order valence-electron chi connectivity index (χ3n) is 5.11. The van der Waals surface area contributed by atoms with Crippen LogP contribution in [0.3, 0.4) is 0 Å². The summed E-state index contributed by atoms with van der Waals surface area (Å²) in [6.07, 6.45) is 2.91. The van der Waals surface area contributed by atoms with Crippen molar-refractivity contribution in [3.05, 3.63) is 59.5 Å². The second-order valence-corrected chi connectivity index (χ2v) is 7.09. The van der Waals surface area contributed by atoms with E-state index >= 15 is 0 Å². The molecule has 0 bridgehead atoms. The van der Waals surface area contributed by atoms with Gasteiger partial charge in [-0.2, -0.15) is 5.10 Å². The number of benzene rings is 1. The predicted octanol–water partition coefficient (Wildman–Crippen LogP) is 2.52. The number of hydrogen-bond acceptors (Lipinski definition) is 4. The first-order chi connectivity index (χ1) is 12.5. The summed E-state index contributed by atoms with van der Waals surface area (Å²) in [7, 11) is 1.77. The lowest BCUT2D eigenvalue weighted by molar-refractivity contribution is 0.0234. The van der Waals surface area contributed by atoms with Crippen molar-refractivity contribution in [1.29, 1.82) is 0 Å². The molecule has 0 radical (unpaired) electrons.